The van der Waals surface area contributed by atoms with E-state index in [0.717, 1.165) is 6.54 Å². The highest BCUT2D eigenvalue weighted by Crippen LogP contribution is 2.25. The molecule has 0 spiro atoms. The van der Waals surface area contributed by atoms with Crippen molar-refractivity contribution in [3.05, 3.63) is 17.9 Å². The number of carboxylic acid groups (broad SMARTS) is 1. The molecule has 0 aliphatic heterocycles. The maximum Gasteiger partial charge on any atom is 0.371 e. The molecule has 1 heterocycles. The number of aromatic carboxylic acids is 1. The van der Waals surface area contributed by atoms with E-state index >= 15 is 0 Å². The molecule has 1 N–H and O–H groups in total. The van der Waals surface area contributed by atoms with Gasteiger partial charge in [0, 0.05) is 18.7 Å². The highest BCUT2D eigenvalue weighted by Gasteiger charge is 2.25. The Balaban J connectivity index is 1.73. The zero-order valence-corrected chi connectivity index (χ0v) is 9.18. The Kier molecular flexibility index (Phi) is 3.14. The van der Waals surface area contributed by atoms with Crippen LogP contribution in [0.2, 0.25) is 0 Å². The third kappa shape index (κ3) is 2.76. The summed E-state index contributed by atoms with van der Waals surface area (Å²) in [5.74, 6) is -0.905. The van der Waals surface area contributed by atoms with Crippen LogP contribution >= 0.6 is 0 Å². The fraction of sp³-hybridized carbons (Fsp3) is 0.545. The molecule has 0 bridgehead atoms. The van der Waals surface area contributed by atoms with Gasteiger partial charge in [0.05, 0.1) is 0 Å². The van der Waals surface area contributed by atoms with Crippen LogP contribution in [-0.4, -0.2) is 42.2 Å². The number of hydrogen-bond acceptors (Lipinski definition) is 4. The van der Waals surface area contributed by atoms with Gasteiger partial charge in [0.15, 0.2) is 0 Å². The van der Waals surface area contributed by atoms with Crippen molar-refractivity contribution in [1.29, 1.82) is 0 Å². The normalized spacial score (nSPS) is 15.4. The topological polar surface area (TPSA) is 62.9 Å². The van der Waals surface area contributed by atoms with Crippen LogP contribution in [0.3, 0.4) is 0 Å². The minimum atomic E-state index is -1.08. The molecule has 1 aromatic rings. The highest BCUT2D eigenvalue weighted by atomic mass is 16.6. The molecule has 0 atom stereocenters. The average molecular weight is 225 g/mol. The summed E-state index contributed by atoms with van der Waals surface area (Å²) < 4.78 is 10.3. The molecule has 0 radical (unpaired) electrons. The molecule has 0 saturated heterocycles. The average Bonchev–Trinajstić information content (AvgIpc) is 2.98. The van der Waals surface area contributed by atoms with Crippen LogP contribution in [0.5, 0.6) is 5.95 Å². The summed E-state index contributed by atoms with van der Waals surface area (Å²) in [5.41, 5.74) is 0. The van der Waals surface area contributed by atoms with E-state index in [1.54, 1.807) is 0 Å². The van der Waals surface area contributed by atoms with Gasteiger partial charge in [-0.15, -0.1) is 0 Å². The molecule has 0 unspecified atom stereocenters. The smallest absolute Gasteiger partial charge is 0.371 e. The Morgan fingerprint density at radius 3 is 2.94 bits per heavy atom. The fourth-order valence-electron chi connectivity index (χ4n) is 1.50. The summed E-state index contributed by atoms with van der Waals surface area (Å²) in [6.45, 7) is 1.34. The molecule has 1 aromatic heterocycles. The number of nitrogens with zero attached hydrogens (tertiary/aromatic N) is 1. The van der Waals surface area contributed by atoms with E-state index in [1.165, 1.54) is 25.0 Å². The second-order valence-corrected chi connectivity index (χ2v) is 3.98. The van der Waals surface area contributed by atoms with Gasteiger partial charge in [-0.2, -0.15) is 0 Å². The van der Waals surface area contributed by atoms with Gasteiger partial charge in [0.25, 0.3) is 5.95 Å². The molecule has 16 heavy (non-hydrogen) atoms. The van der Waals surface area contributed by atoms with Crippen molar-refractivity contribution < 1.29 is 19.1 Å². The minimum absolute atomic E-state index is 0.0921. The standard InChI is InChI=1S/C11H15NO4/c1-12(8-2-3-8)6-7-15-10-5-4-9(16-10)11(13)14/h4-5,8H,2-3,6-7H2,1H3,(H,13,14). The SMILES string of the molecule is CN(CCOc1ccc(C(=O)O)o1)C1CC1. The van der Waals surface area contributed by atoms with Crippen molar-refractivity contribution in [1.82, 2.24) is 4.90 Å². The van der Waals surface area contributed by atoms with Gasteiger partial charge in [-0.1, -0.05) is 0 Å². The summed E-state index contributed by atoms with van der Waals surface area (Å²) in [6.07, 6.45) is 2.53. The number of furan rings is 1. The second-order valence-electron chi connectivity index (χ2n) is 3.98. The first-order valence-corrected chi connectivity index (χ1v) is 5.33. The van der Waals surface area contributed by atoms with E-state index in [0.29, 0.717) is 12.6 Å². The predicted octanol–water partition coefficient (Wildman–Crippen LogP) is 1.45. The number of carboxylic acids is 1. The molecule has 1 fully saturated rings. The number of hydrogen-bond donors (Lipinski definition) is 1. The van der Waals surface area contributed by atoms with E-state index in [1.807, 2.05) is 0 Å². The zero-order chi connectivity index (χ0) is 11.5. The molecular weight excluding hydrogens is 210 g/mol. The third-order valence-electron chi connectivity index (χ3n) is 2.65. The molecule has 1 aliphatic rings. The van der Waals surface area contributed by atoms with Crippen LogP contribution in [0.1, 0.15) is 23.4 Å². The largest absolute Gasteiger partial charge is 0.475 e. The van der Waals surface area contributed by atoms with Crippen LogP contribution in [-0.2, 0) is 0 Å². The monoisotopic (exact) mass is 225 g/mol. The number of likely N-dealkylation sites (N-methyl/N-ethyl adjacent to an activating group) is 1. The van der Waals surface area contributed by atoms with E-state index in [-0.39, 0.29) is 11.7 Å². The first kappa shape index (κ1) is 11.0. The van der Waals surface area contributed by atoms with Crippen molar-refractivity contribution in [2.45, 2.75) is 18.9 Å². The Morgan fingerprint density at radius 2 is 2.38 bits per heavy atom. The summed E-state index contributed by atoms with van der Waals surface area (Å²) in [5, 5.41) is 8.64. The molecular formula is C11H15NO4. The molecule has 2 rings (SSSR count). The number of rotatable bonds is 6. The van der Waals surface area contributed by atoms with E-state index < -0.39 is 5.97 Å². The van der Waals surface area contributed by atoms with Gasteiger partial charge in [-0.25, -0.2) is 4.79 Å². The van der Waals surface area contributed by atoms with Crippen LogP contribution in [0, 0.1) is 0 Å². The summed E-state index contributed by atoms with van der Waals surface area (Å²) >= 11 is 0. The molecule has 0 amide bonds. The first-order valence-electron chi connectivity index (χ1n) is 5.33. The quantitative estimate of drug-likeness (QED) is 0.793. The summed E-state index contributed by atoms with van der Waals surface area (Å²) in [7, 11) is 2.06. The van der Waals surface area contributed by atoms with Gasteiger partial charge in [-0.05, 0) is 26.0 Å². The van der Waals surface area contributed by atoms with Crippen molar-refractivity contribution in [2.24, 2.45) is 0 Å². The molecule has 5 heteroatoms. The van der Waals surface area contributed by atoms with Crippen molar-refractivity contribution in [3.8, 4) is 5.95 Å². The van der Waals surface area contributed by atoms with Crippen LogP contribution < -0.4 is 4.74 Å². The zero-order valence-electron chi connectivity index (χ0n) is 9.18. The molecule has 5 nitrogen and oxygen atoms in total. The van der Waals surface area contributed by atoms with Crippen LogP contribution in [0.15, 0.2) is 16.5 Å². The van der Waals surface area contributed by atoms with Crippen molar-refractivity contribution in [3.63, 3.8) is 0 Å². The van der Waals surface area contributed by atoms with Gasteiger partial charge >= 0.3 is 5.97 Å². The molecule has 1 aliphatic carbocycles. The highest BCUT2D eigenvalue weighted by molar-refractivity contribution is 5.84. The van der Waals surface area contributed by atoms with Crippen LogP contribution in [0.25, 0.3) is 0 Å². The Morgan fingerprint density at radius 1 is 1.62 bits per heavy atom. The van der Waals surface area contributed by atoms with Gasteiger partial charge < -0.3 is 19.2 Å². The maximum atomic E-state index is 10.5. The van der Waals surface area contributed by atoms with Gasteiger partial charge in [0.1, 0.15) is 6.61 Å². The Labute approximate surface area is 93.6 Å². The third-order valence-corrected chi connectivity index (χ3v) is 2.65. The molecule has 0 aromatic carbocycles. The Hall–Kier alpha value is -1.49. The maximum absolute atomic E-state index is 10.5. The van der Waals surface area contributed by atoms with Crippen molar-refractivity contribution in [2.75, 3.05) is 20.2 Å². The second kappa shape index (κ2) is 4.57. The minimum Gasteiger partial charge on any atom is -0.475 e. The van der Waals surface area contributed by atoms with E-state index in [9.17, 15) is 4.79 Å². The summed E-state index contributed by atoms with van der Waals surface area (Å²) in [4.78, 5) is 12.8. The molecule has 1 saturated carbocycles. The van der Waals surface area contributed by atoms with E-state index in [4.69, 9.17) is 14.3 Å². The predicted molar refractivity (Wildman–Crippen MR) is 56.8 cm³/mol. The van der Waals surface area contributed by atoms with Gasteiger partial charge in [-0.3, -0.25) is 0 Å². The first-order chi connectivity index (χ1) is 7.66. The van der Waals surface area contributed by atoms with Crippen LogP contribution in [0.4, 0.5) is 0 Å². The lowest BCUT2D eigenvalue weighted by Crippen LogP contribution is -2.26. The van der Waals surface area contributed by atoms with E-state index in [2.05, 4.69) is 11.9 Å². The lowest BCUT2D eigenvalue weighted by Gasteiger charge is -2.14. The number of ether oxygens (including phenoxy) is 1. The number of carbonyl (C=O) groups is 1. The van der Waals surface area contributed by atoms with Gasteiger partial charge in [0.2, 0.25) is 5.76 Å². The lowest BCUT2D eigenvalue weighted by molar-refractivity contribution is 0.0652. The fourth-order valence-corrected chi connectivity index (χ4v) is 1.50. The Bertz CT molecular complexity index is 370. The molecule has 88 valence electrons. The van der Waals surface area contributed by atoms with Crippen molar-refractivity contribution >= 4 is 5.97 Å². The lowest BCUT2D eigenvalue weighted by atomic mass is 10.5. The summed E-state index contributed by atoms with van der Waals surface area (Å²) in [6, 6.07) is 3.62.